The second-order valence-electron chi connectivity index (χ2n) is 6.56. The van der Waals surface area contributed by atoms with Gasteiger partial charge in [-0.25, -0.2) is 0 Å². The van der Waals surface area contributed by atoms with Crippen molar-refractivity contribution in [2.24, 2.45) is 0 Å². The molecule has 0 radical (unpaired) electrons. The van der Waals surface area contributed by atoms with Gasteiger partial charge >= 0.3 is 0 Å². The molecule has 3 aromatic rings. The molecule has 0 bridgehead atoms. The number of amides is 1. The first kappa shape index (κ1) is 16.9. The van der Waals surface area contributed by atoms with Crippen molar-refractivity contribution in [3.8, 4) is 0 Å². The number of hydrogen-bond acceptors (Lipinski definition) is 4. The maximum absolute atomic E-state index is 12.9. The van der Waals surface area contributed by atoms with Crippen LogP contribution in [-0.4, -0.2) is 49.0 Å². The van der Waals surface area contributed by atoms with E-state index in [-0.39, 0.29) is 11.8 Å². The zero-order valence-electron chi connectivity index (χ0n) is 14.5. The van der Waals surface area contributed by atoms with E-state index in [0.29, 0.717) is 12.1 Å². The van der Waals surface area contributed by atoms with Crippen LogP contribution < -0.4 is 0 Å². The molecule has 1 saturated heterocycles. The second kappa shape index (κ2) is 6.99. The fraction of sp³-hybridized carbons (Fsp3) is 0.316. The highest BCUT2D eigenvalue weighted by Crippen LogP contribution is 2.27. The summed E-state index contributed by atoms with van der Waals surface area (Å²) < 4.78 is 13.5. The van der Waals surface area contributed by atoms with Gasteiger partial charge in [0.25, 0.3) is 5.91 Å². The molecule has 1 aliphatic heterocycles. The second-order valence-corrected chi connectivity index (χ2v) is 7.94. The normalized spacial score (nSPS) is 18.8. The molecule has 0 spiro atoms. The van der Waals surface area contributed by atoms with Crippen molar-refractivity contribution in [3.05, 3.63) is 60.0 Å². The molecule has 4 rings (SSSR count). The lowest BCUT2D eigenvalue weighted by molar-refractivity contribution is 0.0704. The monoisotopic (exact) mass is 368 g/mol. The van der Waals surface area contributed by atoms with Gasteiger partial charge in [-0.2, -0.15) is 0 Å². The summed E-state index contributed by atoms with van der Waals surface area (Å²) in [5, 5.41) is 8.59. The van der Waals surface area contributed by atoms with Crippen molar-refractivity contribution in [1.82, 2.24) is 19.5 Å². The molecular formula is C19H20N4O2S. The van der Waals surface area contributed by atoms with Gasteiger partial charge in [0.05, 0.1) is 0 Å². The van der Waals surface area contributed by atoms with E-state index in [2.05, 4.69) is 10.2 Å². The number of likely N-dealkylation sites (tertiary alicyclic amines) is 1. The van der Waals surface area contributed by atoms with E-state index in [0.717, 1.165) is 35.8 Å². The summed E-state index contributed by atoms with van der Waals surface area (Å²) >= 11 is 0. The van der Waals surface area contributed by atoms with Crippen LogP contribution >= 0.6 is 0 Å². The van der Waals surface area contributed by atoms with Crippen molar-refractivity contribution in [1.29, 1.82) is 0 Å². The molecule has 1 aliphatic rings. The minimum atomic E-state index is -1.04. The minimum absolute atomic E-state index is 0.0111. The largest absolute Gasteiger partial charge is 0.338 e. The Kier molecular flexibility index (Phi) is 4.55. The molecule has 1 amide bonds. The van der Waals surface area contributed by atoms with Crippen molar-refractivity contribution < 1.29 is 9.00 Å². The van der Waals surface area contributed by atoms with Gasteiger partial charge < -0.3 is 4.90 Å². The molecule has 26 heavy (non-hydrogen) atoms. The van der Waals surface area contributed by atoms with Crippen LogP contribution in [0.3, 0.4) is 0 Å². The molecule has 2 atom stereocenters. The fourth-order valence-electron chi connectivity index (χ4n) is 3.48. The molecule has 2 aromatic heterocycles. The average molecular weight is 368 g/mol. The van der Waals surface area contributed by atoms with Gasteiger partial charge in [0.1, 0.15) is 5.82 Å². The molecule has 134 valence electrons. The Morgan fingerprint density at radius 3 is 2.73 bits per heavy atom. The average Bonchev–Trinajstić information content (AvgIpc) is 3.12. The van der Waals surface area contributed by atoms with Crippen LogP contribution in [0.25, 0.3) is 5.65 Å². The van der Waals surface area contributed by atoms with Crippen LogP contribution in [0.1, 0.15) is 34.9 Å². The number of pyridine rings is 1. The Hall–Kier alpha value is -2.54. The van der Waals surface area contributed by atoms with Crippen molar-refractivity contribution in [2.75, 3.05) is 19.3 Å². The maximum Gasteiger partial charge on any atom is 0.253 e. The van der Waals surface area contributed by atoms with Gasteiger partial charge in [0.15, 0.2) is 5.65 Å². The molecular weight excluding hydrogens is 348 g/mol. The molecule has 1 aromatic carbocycles. The van der Waals surface area contributed by atoms with E-state index in [9.17, 15) is 9.00 Å². The zero-order chi connectivity index (χ0) is 18.1. The van der Waals surface area contributed by atoms with Crippen LogP contribution in [0.15, 0.2) is 53.6 Å². The first-order valence-electron chi connectivity index (χ1n) is 8.66. The predicted octanol–water partition coefficient (Wildman–Crippen LogP) is 2.49. The number of carbonyl (C=O) groups excluding carboxylic acids is 1. The quantitative estimate of drug-likeness (QED) is 0.712. The predicted molar refractivity (Wildman–Crippen MR) is 99.6 cm³/mol. The maximum atomic E-state index is 12.9. The van der Waals surface area contributed by atoms with Gasteiger partial charge in [-0.15, -0.1) is 10.2 Å². The number of carbonyl (C=O) groups is 1. The third-order valence-electron chi connectivity index (χ3n) is 4.85. The highest BCUT2D eigenvalue weighted by Gasteiger charge is 2.28. The number of nitrogens with zero attached hydrogens (tertiary/aromatic N) is 4. The van der Waals surface area contributed by atoms with Crippen molar-refractivity contribution >= 4 is 22.4 Å². The van der Waals surface area contributed by atoms with Gasteiger partial charge in [-0.1, -0.05) is 6.07 Å². The number of aromatic nitrogens is 3. The van der Waals surface area contributed by atoms with E-state index >= 15 is 0 Å². The Balaban J connectivity index is 1.54. The SMILES string of the molecule is CS(=O)c1ccc(C(=O)N2CCCC(c3nnc4ccccn34)C2)cc1. The summed E-state index contributed by atoms with van der Waals surface area (Å²) in [6, 6.07) is 12.9. The Morgan fingerprint density at radius 1 is 1.15 bits per heavy atom. The number of piperidine rings is 1. The lowest BCUT2D eigenvalue weighted by Gasteiger charge is -2.32. The van der Waals surface area contributed by atoms with Crippen molar-refractivity contribution in [3.63, 3.8) is 0 Å². The standard InChI is InChI=1S/C19H20N4O2S/c1-26(25)16-9-7-14(8-10-16)19(24)22-11-4-5-15(13-22)18-21-20-17-6-2-3-12-23(17)18/h2-3,6-10,12,15H,4-5,11,13H2,1H3. The summed E-state index contributed by atoms with van der Waals surface area (Å²) in [5.41, 5.74) is 1.46. The van der Waals surface area contributed by atoms with Gasteiger partial charge in [0.2, 0.25) is 0 Å². The van der Waals surface area contributed by atoms with Crippen LogP contribution in [0.4, 0.5) is 0 Å². The van der Waals surface area contributed by atoms with Crippen LogP contribution in [-0.2, 0) is 10.8 Å². The van der Waals surface area contributed by atoms with Crippen LogP contribution in [0, 0.1) is 0 Å². The van der Waals surface area contributed by atoms with Crippen LogP contribution in [0.5, 0.6) is 0 Å². The van der Waals surface area contributed by atoms with E-state index in [1.807, 2.05) is 33.7 Å². The third kappa shape index (κ3) is 3.14. The number of rotatable bonds is 3. The summed E-state index contributed by atoms with van der Waals surface area (Å²) in [4.78, 5) is 15.5. The molecule has 0 aliphatic carbocycles. The lowest BCUT2D eigenvalue weighted by Crippen LogP contribution is -2.39. The summed E-state index contributed by atoms with van der Waals surface area (Å²) in [7, 11) is -1.04. The van der Waals surface area contributed by atoms with Crippen molar-refractivity contribution in [2.45, 2.75) is 23.7 Å². The van der Waals surface area contributed by atoms with E-state index < -0.39 is 10.8 Å². The number of hydrogen-bond donors (Lipinski definition) is 0. The number of fused-ring (bicyclic) bond motifs is 1. The summed E-state index contributed by atoms with van der Waals surface area (Å²) in [5.74, 6) is 1.10. The van der Waals surface area contributed by atoms with E-state index in [4.69, 9.17) is 0 Å². The first-order chi connectivity index (χ1) is 12.6. The minimum Gasteiger partial charge on any atom is -0.338 e. The highest BCUT2D eigenvalue weighted by molar-refractivity contribution is 7.84. The van der Waals surface area contributed by atoms with E-state index in [1.54, 1.807) is 30.5 Å². The third-order valence-corrected chi connectivity index (χ3v) is 5.78. The Bertz CT molecular complexity index is 967. The molecule has 0 N–H and O–H groups in total. The fourth-order valence-corrected chi connectivity index (χ4v) is 4.00. The topological polar surface area (TPSA) is 67.6 Å². The Morgan fingerprint density at radius 2 is 1.96 bits per heavy atom. The molecule has 7 heteroatoms. The highest BCUT2D eigenvalue weighted by atomic mass is 32.2. The lowest BCUT2D eigenvalue weighted by atomic mass is 9.96. The van der Waals surface area contributed by atoms with E-state index in [1.165, 1.54) is 0 Å². The Labute approximate surface area is 154 Å². The van der Waals surface area contributed by atoms with Gasteiger partial charge in [-0.3, -0.25) is 13.4 Å². The first-order valence-corrected chi connectivity index (χ1v) is 10.2. The summed E-state index contributed by atoms with van der Waals surface area (Å²) in [6.07, 6.45) is 5.53. The van der Waals surface area contributed by atoms with Gasteiger partial charge in [0, 0.05) is 52.7 Å². The summed E-state index contributed by atoms with van der Waals surface area (Å²) in [6.45, 7) is 1.38. The zero-order valence-corrected chi connectivity index (χ0v) is 15.4. The molecule has 1 fully saturated rings. The molecule has 2 unspecified atom stereocenters. The molecule has 0 saturated carbocycles. The molecule has 6 nitrogen and oxygen atoms in total. The smallest absolute Gasteiger partial charge is 0.253 e. The molecule has 3 heterocycles. The van der Waals surface area contributed by atoms with Gasteiger partial charge in [-0.05, 0) is 49.2 Å². The number of benzene rings is 1. The van der Waals surface area contributed by atoms with Crippen LogP contribution in [0.2, 0.25) is 0 Å².